The van der Waals surface area contributed by atoms with Crippen molar-refractivity contribution in [3.05, 3.63) is 41.3 Å². The summed E-state index contributed by atoms with van der Waals surface area (Å²) in [4.78, 5) is 35.8. The summed E-state index contributed by atoms with van der Waals surface area (Å²) >= 11 is 2.71. The standard InChI is InChI=1S/C21H23N7O2S2/c1-23-20(30)27-21-26-17(22)16(32-21)19-25-15(11-31-19)12-5-3-7-14(9-12)24-18(29)13-6-4-8-28(2)10-13/h3,5-7,9,11H,4,8,10,22H2,1-2H3,(H,24,29)(H2,23,26,27,30). The van der Waals surface area contributed by atoms with E-state index in [0.29, 0.717) is 33.1 Å². The third-order valence-corrected chi connectivity index (χ3v) is 6.83. The Bertz CT molecular complexity index is 1180. The van der Waals surface area contributed by atoms with Crippen LogP contribution in [0.3, 0.4) is 0 Å². The molecule has 0 saturated carbocycles. The number of nitrogens with one attached hydrogen (secondary N) is 3. The molecule has 9 nitrogen and oxygen atoms in total. The second-order valence-corrected chi connectivity index (χ2v) is 9.12. The number of hydrogen-bond donors (Lipinski definition) is 4. The van der Waals surface area contributed by atoms with Crippen LogP contribution >= 0.6 is 22.7 Å². The van der Waals surface area contributed by atoms with Crippen LogP contribution in [-0.2, 0) is 4.79 Å². The van der Waals surface area contributed by atoms with Crippen LogP contribution in [0.1, 0.15) is 6.42 Å². The molecule has 3 heterocycles. The second-order valence-electron chi connectivity index (χ2n) is 7.27. The molecule has 2 aromatic heterocycles. The molecule has 0 bridgehead atoms. The van der Waals surface area contributed by atoms with Gasteiger partial charge < -0.3 is 21.3 Å². The molecule has 0 unspecified atom stereocenters. The van der Waals surface area contributed by atoms with Gasteiger partial charge in [0.1, 0.15) is 15.7 Å². The fraction of sp³-hybridized carbons (Fsp3) is 0.238. The molecular weight excluding hydrogens is 446 g/mol. The minimum absolute atomic E-state index is 0.0822. The number of hydrogen-bond acceptors (Lipinski definition) is 8. The Morgan fingerprint density at radius 2 is 2.06 bits per heavy atom. The van der Waals surface area contributed by atoms with Gasteiger partial charge in [0.25, 0.3) is 5.91 Å². The summed E-state index contributed by atoms with van der Waals surface area (Å²) in [7, 11) is 3.54. The van der Waals surface area contributed by atoms with E-state index in [1.165, 1.54) is 29.7 Å². The van der Waals surface area contributed by atoms with Gasteiger partial charge in [-0.1, -0.05) is 29.5 Å². The molecule has 32 heavy (non-hydrogen) atoms. The minimum atomic E-state index is -0.361. The Labute approximate surface area is 193 Å². The number of benzene rings is 1. The highest BCUT2D eigenvalue weighted by atomic mass is 32.1. The van der Waals surface area contributed by atoms with Crippen LogP contribution in [0.2, 0.25) is 0 Å². The number of amides is 3. The molecule has 3 amide bonds. The van der Waals surface area contributed by atoms with Gasteiger partial charge in [0.15, 0.2) is 5.13 Å². The van der Waals surface area contributed by atoms with Crippen molar-refractivity contribution in [1.82, 2.24) is 20.2 Å². The molecule has 5 N–H and O–H groups in total. The van der Waals surface area contributed by atoms with Gasteiger partial charge in [-0.2, -0.15) is 0 Å². The molecule has 3 aromatic rings. The SMILES string of the molecule is CNC(=O)Nc1nc(N)c(-c2nc(-c3cccc(NC(=O)C4=CCCN(C)C4)c3)cs2)s1. The number of anilines is 3. The fourth-order valence-corrected chi connectivity index (χ4v) is 5.04. The lowest BCUT2D eigenvalue weighted by molar-refractivity contribution is -0.113. The van der Waals surface area contributed by atoms with Crippen LogP contribution < -0.4 is 21.7 Å². The predicted octanol–water partition coefficient (Wildman–Crippen LogP) is 3.47. The molecule has 0 spiro atoms. The van der Waals surface area contributed by atoms with E-state index in [4.69, 9.17) is 10.7 Å². The minimum Gasteiger partial charge on any atom is -0.382 e. The lowest BCUT2D eigenvalue weighted by Crippen LogP contribution is -2.30. The van der Waals surface area contributed by atoms with Gasteiger partial charge in [-0.3, -0.25) is 10.1 Å². The number of urea groups is 1. The number of nitrogens with two attached hydrogens (primary N) is 1. The maximum absolute atomic E-state index is 12.6. The van der Waals surface area contributed by atoms with Gasteiger partial charge in [-0.25, -0.2) is 14.8 Å². The van der Waals surface area contributed by atoms with Crippen molar-refractivity contribution in [3.63, 3.8) is 0 Å². The highest BCUT2D eigenvalue weighted by Crippen LogP contribution is 2.38. The zero-order valence-electron chi connectivity index (χ0n) is 17.6. The highest BCUT2D eigenvalue weighted by Gasteiger charge is 2.18. The summed E-state index contributed by atoms with van der Waals surface area (Å²) in [6, 6.07) is 7.23. The van der Waals surface area contributed by atoms with Gasteiger partial charge in [-0.15, -0.1) is 11.3 Å². The average Bonchev–Trinajstić information content (AvgIpc) is 3.40. The topological polar surface area (TPSA) is 125 Å². The Hall–Kier alpha value is -3.28. The summed E-state index contributed by atoms with van der Waals surface area (Å²) in [6.07, 6.45) is 2.88. The third kappa shape index (κ3) is 4.96. The summed E-state index contributed by atoms with van der Waals surface area (Å²) < 4.78 is 0. The van der Waals surface area contributed by atoms with E-state index in [1.54, 1.807) is 0 Å². The van der Waals surface area contributed by atoms with Crippen LogP contribution in [0.15, 0.2) is 41.3 Å². The summed E-state index contributed by atoms with van der Waals surface area (Å²) in [5.74, 6) is 0.232. The molecule has 166 valence electrons. The number of carbonyl (C=O) groups is 2. The monoisotopic (exact) mass is 469 g/mol. The van der Waals surface area contributed by atoms with Crippen LogP contribution in [0, 0.1) is 0 Å². The van der Waals surface area contributed by atoms with E-state index < -0.39 is 0 Å². The van der Waals surface area contributed by atoms with E-state index in [9.17, 15) is 9.59 Å². The first-order valence-corrected chi connectivity index (χ1v) is 11.6. The molecule has 0 fully saturated rings. The zero-order chi connectivity index (χ0) is 22.7. The van der Waals surface area contributed by atoms with Gasteiger partial charge in [0.05, 0.1) is 5.69 Å². The molecule has 1 aliphatic rings. The predicted molar refractivity (Wildman–Crippen MR) is 130 cm³/mol. The molecule has 0 atom stereocenters. The van der Waals surface area contributed by atoms with Crippen LogP contribution in [0.4, 0.5) is 21.4 Å². The molecule has 11 heteroatoms. The highest BCUT2D eigenvalue weighted by molar-refractivity contribution is 7.23. The molecule has 0 aliphatic carbocycles. The molecule has 1 aliphatic heterocycles. The first-order chi connectivity index (χ1) is 15.4. The van der Waals surface area contributed by atoms with Crippen LogP contribution in [0.25, 0.3) is 21.1 Å². The van der Waals surface area contributed by atoms with Crippen molar-refractivity contribution in [2.24, 2.45) is 0 Å². The number of nitrogen functional groups attached to an aromatic ring is 1. The first-order valence-electron chi connectivity index (χ1n) is 9.93. The van der Waals surface area contributed by atoms with E-state index in [0.717, 1.165) is 29.8 Å². The molecule has 4 rings (SSSR count). The Morgan fingerprint density at radius 1 is 1.22 bits per heavy atom. The average molecular weight is 470 g/mol. The maximum Gasteiger partial charge on any atom is 0.320 e. The number of aromatic nitrogens is 2. The van der Waals surface area contributed by atoms with E-state index in [2.05, 4.69) is 25.8 Å². The van der Waals surface area contributed by atoms with Crippen molar-refractivity contribution in [2.45, 2.75) is 6.42 Å². The van der Waals surface area contributed by atoms with Crippen LogP contribution in [0.5, 0.6) is 0 Å². The summed E-state index contributed by atoms with van der Waals surface area (Å²) in [6.45, 7) is 1.61. The summed E-state index contributed by atoms with van der Waals surface area (Å²) in [5.41, 5.74) is 9.18. The molecule has 1 aromatic carbocycles. The molecular formula is C21H23N7O2S2. The molecule has 0 saturated heterocycles. The lowest BCUT2D eigenvalue weighted by Gasteiger charge is -2.22. The van der Waals surface area contributed by atoms with Gasteiger partial charge in [0, 0.05) is 42.3 Å². The smallest absolute Gasteiger partial charge is 0.320 e. The third-order valence-electron chi connectivity index (χ3n) is 4.85. The van der Waals surface area contributed by atoms with Crippen molar-refractivity contribution in [1.29, 1.82) is 0 Å². The van der Waals surface area contributed by atoms with E-state index >= 15 is 0 Å². The fourth-order valence-electron chi connectivity index (χ4n) is 3.23. The van der Waals surface area contributed by atoms with Crippen molar-refractivity contribution < 1.29 is 9.59 Å². The van der Waals surface area contributed by atoms with Crippen molar-refractivity contribution in [3.8, 4) is 21.1 Å². The number of thiazole rings is 2. The largest absolute Gasteiger partial charge is 0.382 e. The lowest BCUT2D eigenvalue weighted by atomic mass is 10.1. The van der Waals surface area contributed by atoms with Crippen LogP contribution in [-0.4, -0.2) is 54.0 Å². The number of likely N-dealkylation sites (N-methyl/N-ethyl adjacent to an activating group) is 1. The second kappa shape index (κ2) is 9.47. The normalized spacial score (nSPS) is 14.0. The van der Waals surface area contributed by atoms with E-state index in [-0.39, 0.29) is 11.9 Å². The summed E-state index contributed by atoms with van der Waals surface area (Å²) in [5, 5.41) is 11.1. The Kier molecular flexibility index (Phi) is 6.49. The van der Waals surface area contributed by atoms with Gasteiger partial charge in [0.2, 0.25) is 0 Å². The number of rotatable bonds is 5. The van der Waals surface area contributed by atoms with Gasteiger partial charge >= 0.3 is 6.03 Å². The van der Waals surface area contributed by atoms with Crippen molar-refractivity contribution >= 4 is 51.2 Å². The van der Waals surface area contributed by atoms with Gasteiger partial charge in [-0.05, 0) is 25.6 Å². The zero-order valence-corrected chi connectivity index (χ0v) is 19.3. The number of carbonyl (C=O) groups excluding carboxylic acids is 2. The van der Waals surface area contributed by atoms with E-state index in [1.807, 2.05) is 42.8 Å². The molecule has 0 radical (unpaired) electrons. The Balaban J connectivity index is 1.51. The Morgan fingerprint density at radius 3 is 2.84 bits per heavy atom. The maximum atomic E-state index is 12.6. The first kappa shape index (κ1) is 21.9. The quantitative estimate of drug-likeness (QED) is 0.453. The van der Waals surface area contributed by atoms with Crippen molar-refractivity contribution in [2.75, 3.05) is 43.6 Å². The number of nitrogens with zero attached hydrogens (tertiary/aromatic N) is 3.